The van der Waals surface area contributed by atoms with E-state index in [1.54, 1.807) is 13.3 Å². The van der Waals surface area contributed by atoms with Gasteiger partial charge in [0.15, 0.2) is 0 Å². The summed E-state index contributed by atoms with van der Waals surface area (Å²) in [4.78, 5) is 29.5. The van der Waals surface area contributed by atoms with Gasteiger partial charge in [0, 0.05) is 30.0 Å². The summed E-state index contributed by atoms with van der Waals surface area (Å²) in [6.45, 7) is 1.91. The van der Waals surface area contributed by atoms with Crippen LogP contribution in [0.15, 0.2) is 60.8 Å². The Bertz CT molecular complexity index is 1130. The fourth-order valence-corrected chi connectivity index (χ4v) is 4.04. The first kappa shape index (κ1) is 21.6. The molecule has 2 N–H and O–H groups in total. The van der Waals surface area contributed by atoms with Gasteiger partial charge in [-0.2, -0.15) is 0 Å². The van der Waals surface area contributed by atoms with E-state index in [1.807, 2.05) is 61.5 Å². The van der Waals surface area contributed by atoms with Gasteiger partial charge >= 0.3 is 11.8 Å². The molecule has 0 aliphatic heterocycles. The molecule has 4 rings (SSSR count). The Labute approximate surface area is 188 Å². The van der Waals surface area contributed by atoms with Crippen LogP contribution in [0, 0.1) is 6.92 Å². The zero-order valence-corrected chi connectivity index (χ0v) is 18.4. The normalized spacial score (nSPS) is 14.9. The molecule has 6 heteroatoms. The zero-order chi connectivity index (χ0) is 22.5. The lowest BCUT2D eigenvalue weighted by molar-refractivity contribution is -0.136. The van der Waals surface area contributed by atoms with Gasteiger partial charge in [0.1, 0.15) is 5.75 Å². The second-order valence-corrected chi connectivity index (χ2v) is 8.15. The molecule has 1 aliphatic rings. The van der Waals surface area contributed by atoms with Crippen LogP contribution in [0.4, 0.5) is 5.69 Å². The standard InChI is InChI=1S/C26H27N3O3/c1-17-6-7-18(13-21-5-3-4-12-27-21)14-24(17)29-26(31)25(30)28-22-10-8-20-16-23(32-2)11-9-19(20)15-22/h3-7,9,11-12,14,16,22H,8,10,13,15H2,1-2H3,(H,28,30)(H,29,31). The second kappa shape index (κ2) is 9.64. The molecule has 0 saturated heterocycles. The molecule has 1 heterocycles. The molecule has 1 aliphatic carbocycles. The number of carbonyl (C=O) groups is 2. The van der Waals surface area contributed by atoms with Crippen molar-refractivity contribution < 1.29 is 14.3 Å². The molecule has 0 bridgehead atoms. The highest BCUT2D eigenvalue weighted by Gasteiger charge is 2.24. The molecular weight excluding hydrogens is 402 g/mol. The number of amides is 2. The van der Waals surface area contributed by atoms with Crippen LogP contribution in [-0.2, 0) is 28.9 Å². The summed E-state index contributed by atoms with van der Waals surface area (Å²) in [5.74, 6) is -0.420. The predicted molar refractivity (Wildman–Crippen MR) is 124 cm³/mol. The monoisotopic (exact) mass is 429 g/mol. The molecule has 1 atom stereocenters. The van der Waals surface area contributed by atoms with Crippen LogP contribution < -0.4 is 15.4 Å². The molecule has 2 aromatic carbocycles. The summed E-state index contributed by atoms with van der Waals surface area (Å²) in [5.41, 5.74) is 5.92. The average molecular weight is 430 g/mol. The number of ether oxygens (including phenoxy) is 1. The van der Waals surface area contributed by atoms with E-state index in [-0.39, 0.29) is 6.04 Å². The lowest BCUT2D eigenvalue weighted by Crippen LogP contribution is -2.44. The second-order valence-electron chi connectivity index (χ2n) is 8.15. The average Bonchev–Trinajstić information content (AvgIpc) is 2.81. The third kappa shape index (κ3) is 5.14. The van der Waals surface area contributed by atoms with Gasteiger partial charge in [0.05, 0.1) is 7.11 Å². The Kier molecular flexibility index (Phi) is 6.50. The van der Waals surface area contributed by atoms with Crippen molar-refractivity contribution in [1.29, 1.82) is 0 Å². The highest BCUT2D eigenvalue weighted by molar-refractivity contribution is 6.39. The minimum atomic E-state index is -0.649. The summed E-state index contributed by atoms with van der Waals surface area (Å²) in [6.07, 6.45) is 4.75. The number of anilines is 1. The number of nitrogens with one attached hydrogen (secondary N) is 2. The Morgan fingerprint density at radius 2 is 1.94 bits per heavy atom. The minimum Gasteiger partial charge on any atom is -0.497 e. The molecule has 0 saturated carbocycles. The number of hydrogen-bond donors (Lipinski definition) is 2. The third-order valence-corrected chi connectivity index (χ3v) is 5.84. The third-order valence-electron chi connectivity index (χ3n) is 5.84. The molecule has 164 valence electrons. The van der Waals surface area contributed by atoms with E-state index in [2.05, 4.69) is 15.6 Å². The smallest absolute Gasteiger partial charge is 0.313 e. The van der Waals surface area contributed by atoms with E-state index in [1.165, 1.54) is 11.1 Å². The lowest BCUT2D eigenvalue weighted by Gasteiger charge is -2.25. The Hall–Kier alpha value is -3.67. The fraction of sp³-hybridized carbons (Fsp3) is 0.269. The first-order chi connectivity index (χ1) is 15.5. The number of aromatic nitrogens is 1. The number of pyridine rings is 1. The maximum Gasteiger partial charge on any atom is 0.313 e. The zero-order valence-electron chi connectivity index (χ0n) is 18.4. The molecule has 1 unspecified atom stereocenters. The van der Waals surface area contributed by atoms with Crippen molar-refractivity contribution in [1.82, 2.24) is 10.3 Å². The Morgan fingerprint density at radius 1 is 1.06 bits per heavy atom. The topological polar surface area (TPSA) is 80.3 Å². The number of methoxy groups -OCH3 is 1. The van der Waals surface area contributed by atoms with Crippen molar-refractivity contribution in [3.63, 3.8) is 0 Å². The largest absolute Gasteiger partial charge is 0.497 e. The molecule has 3 aromatic rings. The van der Waals surface area contributed by atoms with Crippen molar-refractivity contribution in [2.75, 3.05) is 12.4 Å². The first-order valence-corrected chi connectivity index (χ1v) is 10.8. The van der Waals surface area contributed by atoms with Crippen molar-refractivity contribution >= 4 is 17.5 Å². The quantitative estimate of drug-likeness (QED) is 0.608. The number of rotatable bonds is 5. The number of fused-ring (bicyclic) bond motifs is 1. The van der Waals surface area contributed by atoms with E-state index in [9.17, 15) is 9.59 Å². The molecule has 0 spiro atoms. The SMILES string of the molecule is COc1ccc2c(c1)CCC(NC(=O)C(=O)Nc1cc(Cc3ccccn3)ccc1C)C2. The summed E-state index contributed by atoms with van der Waals surface area (Å²) >= 11 is 0. The number of carbonyl (C=O) groups excluding carboxylic acids is 2. The van der Waals surface area contributed by atoms with Gasteiger partial charge < -0.3 is 15.4 Å². The van der Waals surface area contributed by atoms with Crippen LogP contribution in [0.25, 0.3) is 0 Å². The van der Waals surface area contributed by atoms with E-state index < -0.39 is 11.8 Å². The maximum absolute atomic E-state index is 12.6. The molecule has 1 aromatic heterocycles. The van der Waals surface area contributed by atoms with E-state index >= 15 is 0 Å². The number of aryl methyl sites for hydroxylation is 2. The van der Waals surface area contributed by atoms with Crippen LogP contribution in [0.2, 0.25) is 0 Å². The van der Waals surface area contributed by atoms with Crippen molar-refractivity contribution in [2.24, 2.45) is 0 Å². The highest BCUT2D eigenvalue weighted by Crippen LogP contribution is 2.25. The number of hydrogen-bond acceptors (Lipinski definition) is 4. The van der Waals surface area contributed by atoms with Gasteiger partial charge in [-0.25, -0.2) is 0 Å². The van der Waals surface area contributed by atoms with Gasteiger partial charge in [0.25, 0.3) is 0 Å². The predicted octanol–water partition coefficient (Wildman–Crippen LogP) is 3.60. The Morgan fingerprint density at radius 3 is 2.72 bits per heavy atom. The maximum atomic E-state index is 12.6. The van der Waals surface area contributed by atoms with Crippen molar-refractivity contribution in [2.45, 2.75) is 38.6 Å². The van der Waals surface area contributed by atoms with E-state index in [0.717, 1.165) is 35.4 Å². The molecule has 2 amide bonds. The van der Waals surface area contributed by atoms with Crippen molar-refractivity contribution in [3.05, 3.63) is 88.7 Å². The molecule has 6 nitrogen and oxygen atoms in total. The summed E-state index contributed by atoms with van der Waals surface area (Å²) in [5, 5.41) is 5.66. The molecule has 32 heavy (non-hydrogen) atoms. The number of benzene rings is 2. The minimum absolute atomic E-state index is 0.0641. The molecular formula is C26H27N3O3. The molecule has 0 fully saturated rings. The van der Waals surface area contributed by atoms with Gasteiger partial charge in [-0.05, 0) is 78.8 Å². The summed E-state index contributed by atoms with van der Waals surface area (Å²) < 4.78 is 5.28. The highest BCUT2D eigenvalue weighted by atomic mass is 16.5. The van der Waals surface area contributed by atoms with Gasteiger partial charge in [-0.15, -0.1) is 0 Å². The van der Waals surface area contributed by atoms with Gasteiger partial charge in [-0.3, -0.25) is 14.6 Å². The van der Waals surface area contributed by atoms with Crippen LogP contribution in [0.3, 0.4) is 0 Å². The van der Waals surface area contributed by atoms with Crippen LogP contribution in [0.5, 0.6) is 5.75 Å². The summed E-state index contributed by atoms with van der Waals surface area (Å²) in [7, 11) is 1.65. The van der Waals surface area contributed by atoms with Crippen LogP contribution >= 0.6 is 0 Å². The van der Waals surface area contributed by atoms with Gasteiger partial charge in [0.2, 0.25) is 0 Å². The van der Waals surface area contributed by atoms with Crippen LogP contribution in [-0.4, -0.2) is 29.9 Å². The lowest BCUT2D eigenvalue weighted by atomic mass is 9.88. The summed E-state index contributed by atoms with van der Waals surface area (Å²) in [6, 6.07) is 17.6. The first-order valence-electron chi connectivity index (χ1n) is 10.8. The van der Waals surface area contributed by atoms with Crippen molar-refractivity contribution in [3.8, 4) is 5.75 Å². The van der Waals surface area contributed by atoms with E-state index in [0.29, 0.717) is 18.5 Å². The fourth-order valence-electron chi connectivity index (χ4n) is 4.04. The molecule has 0 radical (unpaired) electrons. The van der Waals surface area contributed by atoms with Crippen LogP contribution in [0.1, 0.15) is 34.4 Å². The Balaban J connectivity index is 1.37. The number of nitrogens with zero attached hydrogens (tertiary/aromatic N) is 1. The van der Waals surface area contributed by atoms with E-state index in [4.69, 9.17) is 4.74 Å². The van der Waals surface area contributed by atoms with Gasteiger partial charge in [-0.1, -0.05) is 24.3 Å².